The van der Waals surface area contributed by atoms with E-state index >= 15 is 0 Å². The highest BCUT2D eigenvalue weighted by atomic mass is 79.9. The van der Waals surface area contributed by atoms with E-state index in [1.807, 2.05) is 115 Å². The highest BCUT2D eigenvalue weighted by Crippen LogP contribution is 2.48. The van der Waals surface area contributed by atoms with Gasteiger partial charge in [0, 0.05) is 32.3 Å². The Kier molecular flexibility index (Phi) is 5.82. The largest absolute Gasteiger partial charge is 0.354 e. The topological polar surface area (TPSA) is 73.9 Å². The van der Waals surface area contributed by atoms with Crippen LogP contribution in [0.25, 0.3) is 27.8 Å². The second kappa shape index (κ2) is 9.54. The van der Waals surface area contributed by atoms with Gasteiger partial charge in [0.25, 0.3) is 5.56 Å². The number of nitrogens with zero attached hydrogens (tertiary/aromatic N) is 2. The van der Waals surface area contributed by atoms with Crippen LogP contribution in [0.1, 0.15) is 28.3 Å². The molecule has 1 aliphatic heterocycles. The molecule has 7 rings (SSSR count). The summed E-state index contributed by atoms with van der Waals surface area (Å²) in [7, 11) is 0. The van der Waals surface area contributed by atoms with Crippen molar-refractivity contribution < 1.29 is 4.79 Å². The van der Waals surface area contributed by atoms with Gasteiger partial charge in [-0.2, -0.15) is 0 Å². The van der Waals surface area contributed by atoms with Crippen LogP contribution in [-0.4, -0.2) is 20.7 Å². The van der Waals surface area contributed by atoms with Crippen molar-refractivity contribution in [2.24, 2.45) is 0 Å². The molecule has 1 atom stereocenters. The number of anilines is 1. The Morgan fingerprint density at radius 3 is 2.33 bits per heavy atom. The lowest BCUT2D eigenvalue weighted by Crippen LogP contribution is -2.28. The van der Waals surface area contributed by atoms with Crippen LogP contribution in [-0.2, 0) is 11.3 Å². The third-order valence-electron chi connectivity index (χ3n) is 7.66. The number of rotatable bonds is 5. The summed E-state index contributed by atoms with van der Waals surface area (Å²) in [5.41, 5.74) is 7.05. The van der Waals surface area contributed by atoms with Gasteiger partial charge in [0.15, 0.2) is 0 Å². The first kappa shape index (κ1) is 24.4. The molecule has 0 aliphatic carbocycles. The van der Waals surface area contributed by atoms with E-state index in [4.69, 9.17) is 0 Å². The first-order valence-corrected chi connectivity index (χ1v) is 13.9. The van der Waals surface area contributed by atoms with Gasteiger partial charge in [-0.1, -0.05) is 88.7 Å². The van der Waals surface area contributed by atoms with E-state index in [0.717, 1.165) is 49.1 Å². The maximum atomic E-state index is 14.4. The smallest absolute Gasteiger partial charge is 0.280 e. The van der Waals surface area contributed by atoms with E-state index in [-0.39, 0.29) is 11.5 Å². The van der Waals surface area contributed by atoms with Gasteiger partial charge in [-0.05, 0) is 48.4 Å². The molecule has 1 aliphatic rings. The molecule has 1 amide bonds. The molecule has 6 aromatic rings. The highest BCUT2D eigenvalue weighted by molar-refractivity contribution is 9.10. The molecule has 0 radical (unpaired) electrons. The molecular weight excluding hydrogens is 564 g/mol. The number of carbonyl (C=O) groups is 1. The standard InChI is InChI=1S/C33H25BrN4O2/c1-20-28(33(40)38(36-20)23-12-6-3-7-13-23)31-29(24-14-8-9-15-26(24)35-31)30-25-17-16-22(34)18-27(25)37(32(30)39)19-21-10-4-2-5-11-21/h2-18,30,35-36H,19H2,1H3. The molecule has 0 bridgehead atoms. The van der Waals surface area contributed by atoms with Gasteiger partial charge in [-0.25, -0.2) is 4.68 Å². The second-order valence-corrected chi connectivity index (χ2v) is 11.0. The zero-order valence-corrected chi connectivity index (χ0v) is 23.3. The van der Waals surface area contributed by atoms with Gasteiger partial charge in [0.2, 0.25) is 5.91 Å². The molecule has 1 unspecified atom stereocenters. The minimum atomic E-state index is -0.572. The molecular formula is C33H25BrN4O2. The second-order valence-electron chi connectivity index (χ2n) is 10.1. The number of amides is 1. The lowest BCUT2D eigenvalue weighted by Gasteiger charge is -2.19. The van der Waals surface area contributed by atoms with E-state index in [1.54, 1.807) is 4.68 Å². The third-order valence-corrected chi connectivity index (χ3v) is 8.15. The summed E-state index contributed by atoms with van der Waals surface area (Å²) in [6, 6.07) is 33.5. The number of benzene rings is 4. The molecule has 0 spiro atoms. The number of fused-ring (bicyclic) bond motifs is 2. The van der Waals surface area contributed by atoms with Crippen molar-refractivity contribution in [3.05, 3.63) is 140 Å². The van der Waals surface area contributed by atoms with Crippen LogP contribution in [0.3, 0.4) is 0 Å². The highest BCUT2D eigenvalue weighted by Gasteiger charge is 2.41. The maximum absolute atomic E-state index is 14.4. The van der Waals surface area contributed by atoms with Gasteiger partial charge >= 0.3 is 0 Å². The Morgan fingerprint density at radius 1 is 0.850 bits per heavy atom. The summed E-state index contributed by atoms with van der Waals surface area (Å²) in [6.07, 6.45) is 0. The Morgan fingerprint density at radius 2 is 1.55 bits per heavy atom. The van der Waals surface area contributed by atoms with Crippen LogP contribution in [0.2, 0.25) is 0 Å². The predicted molar refractivity (Wildman–Crippen MR) is 162 cm³/mol. The molecule has 0 saturated heterocycles. The van der Waals surface area contributed by atoms with Crippen molar-refractivity contribution in [1.82, 2.24) is 14.8 Å². The predicted octanol–water partition coefficient (Wildman–Crippen LogP) is 7.06. The Hall–Kier alpha value is -4.62. The van der Waals surface area contributed by atoms with E-state index in [1.165, 1.54) is 0 Å². The fraction of sp³-hybridized carbons (Fsp3) is 0.0909. The van der Waals surface area contributed by atoms with Crippen molar-refractivity contribution in [3.8, 4) is 16.9 Å². The number of carbonyl (C=O) groups excluding carboxylic acids is 1. The quantitative estimate of drug-likeness (QED) is 0.226. The van der Waals surface area contributed by atoms with Gasteiger partial charge in [-0.3, -0.25) is 14.7 Å². The number of aryl methyl sites for hydroxylation is 1. The average Bonchev–Trinajstić information content (AvgIpc) is 3.57. The summed E-state index contributed by atoms with van der Waals surface area (Å²) in [5, 5.41) is 4.18. The normalized spacial score (nSPS) is 14.7. The van der Waals surface area contributed by atoms with Crippen LogP contribution < -0.4 is 10.5 Å². The molecule has 2 N–H and O–H groups in total. The summed E-state index contributed by atoms with van der Waals surface area (Å²) >= 11 is 3.61. The van der Waals surface area contributed by atoms with E-state index < -0.39 is 5.92 Å². The molecule has 6 nitrogen and oxygen atoms in total. The Balaban J connectivity index is 1.45. The molecule has 4 aromatic carbocycles. The lowest BCUT2D eigenvalue weighted by molar-refractivity contribution is -0.118. The summed E-state index contributed by atoms with van der Waals surface area (Å²) in [5.74, 6) is -0.587. The van der Waals surface area contributed by atoms with Crippen LogP contribution in [0.4, 0.5) is 5.69 Å². The van der Waals surface area contributed by atoms with E-state index in [9.17, 15) is 9.59 Å². The van der Waals surface area contributed by atoms with Crippen LogP contribution in [0, 0.1) is 6.92 Å². The summed E-state index contributed by atoms with van der Waals surface area (Å²) in [6.45, 7) is 2.36. The third kappa shape index (κ3) is 3.85. The first-order valence-electron chi connectivity index (χ1n) is 13.1. The van der Waals surface area contributed by atoms with Crippen LogP contribution in [0.5, 0.6) is 0 Å². The molecule has 0 fully saturated rings. The zero-order chi connectivity index (χ0) is 27.4. The van der Waals surface area contributed by atoms with Crippen molar-refractivity contribution in [1.29, 1.82) is 0 Å². The number of aromatic nitrogens is 3. The van der Waals surface area contributed by atoms with Crippen molar-refractivity contribution in [2.75, 3.05) is 4.90 Å². The first-order chi connectivity index (χ1) is 19.5. The number of aromatic amines is 2. The maximum Gasteiger partial charge on any atom is 0.280 e. The number of hydrogen-bond donors (Lipinski definition) is 2. The Bertz CT molecular complexity index is 1950. The number of para-hydroxylation sites is 2. The van der Waals surface area contributed by atoms with Gasteiger partial charge in [0.1, 0.15) is 0 Å². The minimum absolute atomic E-state index is 0.0143. The number of halogens is 1. The van der Waals surface area contributed by atoms with Crippen molar-refractivity contribution in [2.45, 2.75) is 19.4 Å². The summed E-state index contributed by atoms with van der Waals surface area (Å²) < 4.78 is 2.47. The molecule has 196 valence electrons. The average molecular weight is 589 g/mol. The molecule has 2 aromatic heterocycles. The van der Waals surface area contributed by atoms with Gasteiger partial charge in [-0.15, -0.1) is 0 Å². The van der Waals surface area contributed by atoms with Crippen molar-refractivity contribution in [3.63, 3.8) is 0 Å². The van der Waals surface area contributed by atoms with Crippen LogP contribution >= 0.6 is 15.9 Å². The van der Waals surface area contributed by atoms with Gasteiger partial charge < -0.3 is 9.88 Å². The van der Waals surface area contributed by atoms with Gasteiger partial charge in [0.05, 0.1) is 29.4 Å². The fourth-order valence-electron chi connectivity index (χ4n) is 5.87. The fourth-order valence-corrected chi connectivity index (χ4v) is 6.22. The Labute approximate surface area is 239 Å². The summed E-state index contributed by atoms with van der Waals surface area (Å²) in [4.78, 5) is 33.7. The van der Waals surface area contributed by atoms with E-state index in [2.05, 4.69) is 26.0 Å². The molecule has 3 heterocycles. The monoisotopic (exact) mass is 588 g/mol. The van der Waals surface area contributed by atoms with E-state index in [0.29, 0.717) is 17.8 Å². The molecule has 40 heavy (non-hydrogen) atoms. The van der Waals surface area contributed by atoms with Crippen molar-refractivity contribution >= 4 is 38.4 Å². The molecule has 0 saturated carbocycles. The van der Waals surface area contributed by atoms with Crippen LogP contribution in [0.15, 0.2) is 112 Å². The number of nitrogens with one attached hydrogen (secondary N) is 2. The number of H-pyrrole nitrogens is 2. The molecule has 7 heteroatoms. The SMILES string of the molecule is Cc1[nH]n(-c2ccccc2)c(=O)c1-c1[nH]c2ccccc2c1C1C(=O)N(Cc2ccccc2)c2cc(Br)ccc21. The zero-order valence-electron chi connectivity index (χ0n) is 21.7. The minimum Gasteiger partial charge on any atom is -0.354 e. The number of hydrogen-bond acceptors (Lipinski definition) is 2. The lowest BCUT2D eigenvalue weighted by atomic mass is 9.88.